The number of hydrogen-bond acceptors (Lipinski definition) is 4. The van der Waals surface area contributed by atoms with Gasteiger partial charge in [0.1, 0.15) is 23.9 Å². The molecule has 0 aliphatic heterocycles. The molecule has 1 aromatic heterocycles. The molecular weight excluding hydrogens is 297 g/mol. The van der Waals surface area contributed by atoms with E-state index >= 15 is 0 Å². The van der Waals surface area contributed by atoms with Gasteiger partial charge in [-0.3, -0.25) is 0 Å². The van der Waals surface area contributed by atoms with Crippen molar-refractivity contribution in [3.8, 4) is 5.75 Å². The van der Waals surface area contributed by atoms with E-state index in [0.29, 0.717) is 5.75 Å². The number of carbonyl (C=O) groups excluding carboxylic acids is 1. The van der Waals surface area contributed by atoms with E-state index in [1.807, 2.05) is 0 Å². The first kappa shape index (κ1) is 15.3. The fourth-order valence-electron chi connectivity index (χ4n) is 1.63. The van der Waals surface area contributed by atoms with Crippen LogP contribution >= 0.6 is 11.6 Å². The summed E-state index contributed by atoms with van der Waals surface area (Å²) in [6, 6.07) is 7.17. The van der Waals surface area contributed by atoms with Crippen LogP contribution in [0.25, 0.3) is 0 Å². The molecule has 4 nitrogen and oxygen atoms in total. The highest BCUT2D eigenvalue weighted by molar-refractivity contribution is 6.32. The van der Waals surface area contributed by atoms with Crippen LogP contribution in [0.2, 0.25) is 5.02 Å². The zero-order chi connectivity index (χ0) is 15.2. The second-order valence-electron chi connectivity index (χ2n) is 4.13. The Hall–Kier alpha value is -2.14. The SMILES string of the molecule is CCOC(=O)c1cc(COc2ccc(F)cc2Cl)ccn1. The lowest BCUT2D eigenvalue weighted by Crippen LogP contribution is -2.08. The van der Waals surface area contributed by atoms with Gasteiger partial charge < -0.3 is 9.47 Å². The molecular formula is C15H13ClFNO3. The Morgan fingerprint density at radius 2 is 2.14 bits per heavy atom. The number of benzene rings is 1. The van der Waals surface area contributed by atoms with Crippen LogP contribution in [0.15, 0.2) is 36.5 Å². The van der Waals surface area contributed by atoms with Gasteiger partial charge in [0.05, 0.1) is 11.6 Å². The maximum atomic E-state index is 12.9. The average Bonchev–Trinajstić information content (AvgIpc) is 2.47. The highest BCUT2D eigenvalue weighted by Crippen LogP contribution is 2.25. The van der Waals surface area contributed by atoms with E-state index in [-0.39, 0.29) is 23.9 Å². The summed E-state index contributed by atoms with van der Waals surface area (Å²) in [6.45, 7) is 2.19. The van der Waals surface area contributed by atoms with Crippen LogP contribution in [0.3, 0.4) is 0 Å². The van der Waals surface area contributed by atoms with Crippen LogP contribution in [0.1, 0.15) is 23.0 Å². The van der Waals surface area contributed by atoms with E-state index in [2.05, 4.69) is 4.98 Å². The van der Waals surface area contributed by atoms with E-state index in [4.69, 9.17) is 21.1 Å². The molecule has 0 N–H and O–H groups in total. The van der Waals surface area contributed by atoms with Crippen molar-refractivity contribution in [3.63, 3.8) is 0 Å². The van der Waals surface area contributed by atoms with Crippen LogP contribution in [0.5, 0.6) is 5.75 Å². The predicted octanol–water partition coefficient (Wildman–Crippen LogP) is 3.63. The first-order valence-corrected chi connectivity index (χ1v) is 6.68. The van der Waals surface area contributed by atoms with Gasteiger partial charge in [0, 0.05) is 6.20 Å². The average molecular weight is 310 g/mol. The molecule has 1 aromatic carbocycles. The molecule has 2 aromatic rings. The largest absolute Gasteiger partial charge is 0.487 e. The van der Waals surface area contributed by atoms with Crippen molar-refractivity contribution in [2.45, 2.75) is 13.5 Å². The number of halogens is 2. The molecule has 0 amide bonds. The monoisotopic (exact) mass is 309 g/mol. The third-order valence-electron chi connectivity index (χ3n) is 2.60. The Labute approximate surface area is 126 Å². The van der Waals surface area contributed by atoms with Gasteiger partial charge in [-0.1, -0.05) is 11.6 Å². The number of ether oxygens (including phenoxy) is 2. The number of aromatic nitrogens is 1. The minimum atomic E-state index is -0.487. The van der Waals surface area contributed by atoms with Gasteiger partial charge in [-0.25, -0.2) is 14.2 Å². The van der Waals surface area contributed by atoms with E-state index in [1.54, 1.807) is 19.1 Å². The highest BCUT2D eigenvalue weighted by Gasteiger charge is 2.09. The van der Waals surface area contributed by atoms with Crippen LogP contribution in [-0.2, 0) is 11.3 Å². The molecule has 21 heavy (non-hydrogen) atoms. The zero-order valence-electron chi connectivity index (χ0n) is 11.3. The van der Waals surface area contributed by atoms with Crippen LogP contribution in [-0.4, -0.2) is 17.6 Å². The smallest absolute Gasteiger partial charge is 0.356 e. The van der Waals surface area contributed by atoms with Gasteiger partial charge >= 0.3 is 5.97 Å². The molecule has 6 heteroatoms. The molecule has 0 radical (unpaired) electrons. The Morgan fingerprint density at radius 3 is 2.86 bits per heavy atom. The molecule has 0 aliphatic rings. The second-order valence-corrected chi connectivity index (χ2v) is 4.54. The summed E-state index contributed by atoms with van der Waals surface area (Å²) in [7, 11) is 0. The third kappa shape index (κ3) is 4.16. The van der Waals surface area contributed by atoms with Crippen molar-refractivity contribution >= 4 is 17.6 Å². The lowest BCUT2D eigenvalue weighted by Gasteiger charge is -2.08. The number of carbonyl (C=O) groups is 1. The number of hydrogen-bond donors (Lipinski definition) is 0. The Morgan fingerprint density at radius 1 is 1.33 bits per heavy atom. The van der Waals surface area contributed by atoms with Crippen molar-refractivity contribution in [1.82, 2.24) is 4.98 Å². The predicted molar refractivity (Wildman–Crippen MR) is 75.9 cm³/mol. The first-order chi connectivity index (χ1) is 10.1. The normalized spacial score (nSPS) is 10.2. The van der Waals surface area contributed by atoms with Gasteiger partial charge in [0.2, 0.25) is 0 Å². The quantitative estimate of drug-likeness (QED) is 0.791. The van der Waals surface area contributed by atoms with Crippen LogP contribution < -0.4 is 4.74 Å². The summed E-state index contributed by atoms with van der Waals surface area (Å²) in [6.07, 6.45) is 1.50. The minimum Gasteiger partial charge on any atom is -0.487 e. The molecule has 0 unspecified atom stereocenters. The zero-order valence-corrected chi connectivity index (χ0v) is 12.1. The fraction of sp³-hybridized carbons (Fsp3) is 0.200. The Bertz CT molecular complexity index is 649. The molecule has 0 saturated heterocycles. The fourth-order valence-corrected chi connectivity index (χ4v) is 1.86. The number of rotatable bonds is 5. The third-order valence-corrected chi connectivity index (χ3v) is 2.89. The molecule has 0 aliphatic carbocycles. The van der Waals surface area contributed by atoms with Crippen molar-refractivity contribution in [2.75, 3.05) is 6.61 Å². The van der Waals surface area contributed by atoms with E-state index in [1.165, 1.54) is 24.4 Å². The standard InChI is InChI=1S/C15H13ClFNO3/c1-2-20-15(19)13-7-10(5-6-18-13)9-21-14-4-3-11(17)8-12(14)16/h3-8H,2,9H2,1H3. The second kappa shape index (κ2) is 7.04. The summed E-state index contributed by atoms with van der Waals surface area (Å²) in [5.41, 5.74) is 0.941. The minimum absolute atomic E-state index is 0.181. The topological polar surface area (TPSA) is 48.4 Å². The van der Waals surface area contributed by atoms with E-state index in [0.717, 1.165) is 5.56 Å². The molecule has 0 spiro atoms. The number of esters is 1. The van der Waals surface area contributed by atoms with Crippen molar-refractivity contribution in [1.29, 1.82) is 0 Å². The van der Waals surface area contributed by atoms with Gasteiger partial charge in [0.15, 0.2) is 0 Å². The summed E-state index contributed by atoms with van der Waals surface area (Å²) < 4.78 is 23.3. The number of pyridine rings is 1. The lowest BCUT2D eigenvalue weighted by atomic mass is 10.2. The summed E-state index contributed by atoms with van der Waals surface area (Å²) in [5, 5.41) is 0.190. The van der Waals surface area contributed by atoms with E-state index in [9.17, 15) is 9.18 Å². The Balaban J connectivity index is 2.06. The van der Waals surface area contributed by atoms with Crippen molar-refractivity contribution < 1.29 is 18.7 Å². The van der Waals surface area contributed by atoms with Gasteiger partial charge in [-0.15, -0.1) is 0 Å². The molecule has 0 bridgehead atoms. The molecule has 2 rings (SSSR count). The number of nitrogens with zero attached hydrogens (tertiary/aromatic N) is 1. The summed E-state index contributed by atoms with van der Waals surface area (Å²) >= 11 is 5.87. The lowest BCUT2D eigenvalue weighted by molar-refractivity contribution is 0.0519. The first-order valence-electron chi connectivity index (χ1n) is 6.30. The Kier molecular flexibility index (Phi) is 5.11. The summed E-state index contributed by atoms with van der Waals surface area (Å²) in [5.74, 6) is -0.549. The molecule has 0 atom stereocenters. The molecule has 110 valence electrons. The molecule has 0 fully saturated rings. The van der Waals surface area contributed by atoms with Crippen molar-refractivity contribution in [2.24, 2.45) is 0 Å². The van der Waals surface area contributed by atoms with Gasteiger partial charge in [0.25, 0.3) is 0 Å². The van der Waals surface area contributed by atoms with Crippen molar-refractivity contribution in [3.05, 3.63) is 58.6 Å². The van der Waals surface area contributed by atoms with Crippen LogP contribution in [0.4, 0.5) is 4.39 Å². The molecule has 1 heterocycles. The highest BCUT2D eigenvalue weighted by atomic mass is 35.5. The maximum absolute atomic E-state index is 12.9. The van der Waals surface area contributed by atoms with Gasteiger partial charge in [-0.05, 0) is 42.8 Å². The van der Waals surface area contributed by atoms with Gasteiger partial charge in [-0.2, -0.15) is 0 Å². The van der Waals surface area contributed by atoms with Crippen LogP contribution in [0, 0.1) is 5.82 Å². The maximum Gasteiger partial charge on any atom is 0.356 e. The molecule has 0 saturated carbocycles. The van der Waals surface area contributed by atoms with E-state index < -0.39 is 11.8 Å². The summed E-state index contributed by atoms with van der Waals surface area (Å²) in [4.78, 5) is 15.5.